The number of amides is 1. The highest BCUT2D eigenvalue weighted by atomic mass is 32.1. The minimum Gasteiger partial charge on any atom is -0.496 e. The van der Waals surface area contributed by atoms with Crippen LogP contribution in [0.15, 0.2) is 18.2 Å². The highest BCUT2D eigenvalue weighted by Gasteiger charge is 2.26. The van der Waals surface area contributed by atoms with E-state index in [2.05, 4.69) is 18.3 Å². The molecule has 1 aromatic carbocycles. The molecule has 0 radical (unpaired) electrons. The third-order valence-corrected chi connectivity index (χ3v) is 5.68. The van der Waals surface area contributed by atoms with E-state index in [9.17, 15) is 10.1 Å². The number of carbonyl (C=O) groups is 1. The largest absolute Gasteiger partial charge is 0.496 e. The second-order valence-corrected chi connectivity index (χ2v) is 7.26. The Labute approximate surface area is 151 Å². The molecule has 1 amide bonds. The fourth-order valence-electron chi connectivity index (χ4n) is 3.20. The van der Waals surface area contributed by atoms with Crippen LogP contribution >= 0.6 is 11.3 Å². The number of methoxy groups -OCH3 is 2. The van der Waals surface area contributed by atoms with Crippen molar-refractivity contribution in [3.05, 3.63) is 39.8 Å². The first-order valence-electron chi connectivity index (χ1n) is 8.16. The fourth-order valence-corrected chi connectivity index (χ4v) is 4.55. The molecule has 0 saturated carbocycles. The van der Waals surface area contributed by atoms with Crippen LogP contribution in [-0.2, 0) is 12.8 Å². The maximum atomic E-state index is 12.8. The number of benzene rings is 1. The number of nitrogens with one attached hydrogen (secondary N) is 1. The lowest BCUT2D eigenvalue weighted by Crippen LogP contribution is -2.14. The van der Waals surface area contributed by atoms with Crippen molar-refractivity contribution in [2.75, 3.05) is 19.5 Å². The van der Waals surface area contributed by atoms with Crippen molar-refractivity contribution < 1.29 is 14.3 Å². The van der Waals surface area contributed by atoms with Crippen molar-refractivity contribution in [2.24, 2.45) is 5.92 Å². The Morgan fingerprint density at radius 1 is 1.32 bits per heavy atom. The molecule has 0 saturated heterocycles. The van der Waals surface area contributed by atoms with Gasteiger partial charge in [-0.15, -0.1) is 11.3 Å². The van der Waals surface area contributed by atoms with Gasteiger partial charge >= 0.3 is 0 Å². The van der Waals surface area contributed by atoms with Crippen molar-refractivity contribution in [3.8, 4) is 17.6 Å². The van der Waals surface area contributed by atoms with E-state index in [0.717, 1.165) is 24.8 Å². The van der Waals surface area contributed by atoms with Crippen LogP contribution in [0.3, 0.4) is 0 Å². The second kappa shape index (κ2) is 7.16. The van der Waals surface area contributed by atoms with Crippen LogP contribution in [0.4, 0.5) is 5.00 Å². The maximum absolute atomic E-state index is 12.8. The molecule has 0 aliphatic heterocycles. The Kier molecular flexibility index (Phi) is 4.95. The number of nitriles is 1. The van der Waals surface area contributed by atoms with Gasteiger partial charge in [0.1, 0.15) is 28.1 Å². The molecule has 2 aromatic rings. The van der Waals surface area contributed by atoms with E-state index in [4.69, 9.17) is 9.47 Å². The van der Waals surface area contributed by atoms with Crippen LogP contribution < -0.4 is 14.8 Å². The molecule has 0 unspecified atom stereocenters. The number of carbonyl (C=O) groups excluding carboxylic acids is 1. The van der Waals surface area contributed by atoms with Gasteiger partial charge in [-0.2, -0.15) is 5.26 Å². The molecule has 0 bridgehead atoms. The van der Waals surface area contributed by atoms with Gasteiger partial charge in [0.15, 0.2) is 0 Å². The Morgan fingerprint density at radius 2 is 2.00 bits per heavy atom. The molecule has 1 aromatic heterocycles. The Morgan fingerprint density at radius 3 is 2.60 bits per heavy atom. The first kappa shape index (κ1) is 17.3. The monoisotopic (exact) mass is 356 g/mol. The highest BCUT2D eigenvalue weighted by Crippen LogP contribution is 2.40. The molecule has 130 valence electrons. The number of nitrogens with zero attached hydrogens (tertiary/aromatic N) is 1. The molecule has 0 fully saturated rings. The van der Waals surface area contributed by atoms with E-state index in [0.29, 0.717) is 33.5 Å². The van der Waals surface area contributed by atoms with Crippen molar-refractivity contribution in [3.63, 3.8) is 0 Å². The van der Waals surface area contributed by atoms with E-state index in [1.165, 1.54) is 30.4 Å². The van der Waals surface area contributed by atoms with Crippen molar-refractivity contribution in [1.29, 1.82) is 5.26 Å². The molecule has 1 N–H and O–H groups in total. The number of thiophene rings is 1. The lowest BCUT2D eigenvalue weighted by atomic mass is 9.88. The van der Waals surface area contributed by atoms with E-state index >= 15 is 0 Å². The topological polar surface area (TPSA) is 71.3 Å². The molecule has 0 spiro atoms. The van der Waals surface area contributed by atoms with Crippen LogP contribution in [-0.4, -0.2) is 20.1 Å². The predicted molar refractivity (Wildman–Crippen MR) is 97.7 cm³/mol. The van der Waals surface area contributed by atoms with E-state index in [1.807, 2.05) is 0 Å². The predicted octanol–water partition coefficient (Wildman–Crippen LogP) is 4.01. The van der Waals surface area contributed by atoms with Crippen LogP contribution in [0.2, 0.25) is 0 Å². The maximum Gasteiger partial charge on any atom is 0.263 e. The number of fused-ring (bicyclic) bond motifs is 1. The van der Waals surface area contributed by atoms with E-state index in [1.54, 1.807) is 18.2 Å². The summed E-state index contributed by atoms with van der Waals surface area (Å²) in [5, 5.41) is 13.1. The SMILES string of the molecule is COc1cccc(OC)c1C(=O)Nc1sc2c(c1C#N)CC[C@H](C)C2. The first-order valence-corrected chi connectivity index (χ1v) is 8.97. The number of hydrogen-bond donors (Lipinski definition) is 1. The molecule has 1 aliphatic carbocycles. The van der Waals surface area contributed by atoms with Crippen LogP contribution in [0.1, 0.15) is 39.7 Å². The van der Waals surface area contributed by atoms with Gasteiger partial charge in [0.25, 0.3) is 5.91 Å². The van der Waals surface area contributed by atoms with Crippen LogP contribution in [0, 0.1) is 17.2 Å². The van der Waals surface area contributed by atoms with Crippen molar-refractivity contribution in [2.45, 2.75) is 26.2 Å². The summed E-state index contributed by atoms with van der Waals surface area (Å²) in [6, 6.07) is 7.45. The van der Waals surface area contributed by atoms with Gasteiger partial charge in [0.05, 0.1) is 19.8 Å². The minimum absolute atomic E-state index is 0.330. The van der Waals surface area contributed by atoms with E-state index in [-0.39, 0.29) is 5.91 Å². The average Bonchev–Trinajstić information content (AvgIpc) is 2.96. The zero-order valence-electron chi connectivity index (χ0n) is 14.5. The Hall–Kier alpha value is -2.52. The zero-order valence-corrected chi connectivity index (χ0v) is 15.3. The second-order valence-electron chi connectivity index (χ2n) is 6.16. The lowest BCUT2D eigenvalue weighted by molar-refractivity contribution is 0.102. The summed E-state index contributed by atoms with van der Waals surface area (Å²) in [5.41, 5.74) is 2.01. The molecule has 1 heterocycles. The Balaban J connectivity index is 1.97. The fraction of sp³-hybridized carbons (Fsp3) is 0.368. The van der Waals surface area contributed by atoms with Gasteiger partial charge in [0.2, 0.25) is 0 Å². The standard InChI is InChI=1S/C19H20N2O3S/c1-11-7-8-12-13(10-20)19(25-16(12)9-11)21-18(22)17-14(23-2)5-4-6-15(17)24-3/h4-6,11H,7-9H2,1-3H3,(H,21,22)/t11-/m0/s1. The molecule has 1 atom stereocenters. The van der Waals surface area contributed by atoms with Gasteiger partial charge < -0.3 is 14.8 Å². The average molecular weight is 356 g/mol. The smallest absolute Gasteiger partial charge is 0.263 e. The zero-order chi connectivity index (χ0) is 18.0. The van der Waals surface area contributed by atoms with E-state index < -0.39 is 0 Å². The van der Waals surface area contributed by atoms with Crippen LogP contribution in [0.25, 0.3) is 0 Å². The summed E-state index contributed by atoms with van der Waals surface area (Å²) in [6.45, 7) is 2.21. The molecular formula is C19H20N2O3S. The van der Waals surface area contributed by atoms with Gasteiger partial charge in [-0.3, -0.25) is 4.79 Å². The van der Waals surface area contributed by atoms with Crippen molar-refractivity contribution in [1.82, 2.24) is 0 Å². The lowest BCUT2D eigenvalue weighted by Gasteiger charge is -2.17. The third kappa shape index (κ3) is 3.20. The number of rotatable bonds is 4. The molecule has 1 aliphatic rings. The number of anilines is 1. The number of ether oxygens (including phenoxy) is 2. The first-order chi connectivity index (χ1) is 12.1. The molecule has 6 heteroatoms. The molecular weight excluding hydrogens is 336 g/mol. The highest BCUT2D eigenvalue weighted by molar-refractivity contribution is 7.16. The summed E-state index contributed by atoms with van der Waals surface area (Å²) in [4.78, 5) is 14.1. The van der Waals surface area contributed by atoms with Crippen LogP contribution in [0.5, 0.6) is 11.5 Å². The molecule has 5 nitrogen and oxygen atoms in total. The van der Waals surface area contributed by atoms with Crippen molar-refractivity contribution >= 4 is 22.2 Å². The summed E-state index contributed by atoms with van der Waals surface area (Å²) >= 11 is 1.50. The summed E-state index contributed by atoms with van der Waals surface area (Å²) in [6.07, 6.45) is 2.93. The number of hydrogen-bond acceptors (Lipinski definition) is 5. The normalized spacial score (nSPS) is 15.8. The third-order valence-electron chi connectivity index (χ3n) is 4.51. The van der Waals surface area contributed by atoms with Gasteiger partial charge in [-0.05, 0) is 42.9 Å². The molecule has 25 heavy (non-hydrogen) atoms. The van der Waals surface area contributed by atoms with Gasteiger partial charge in [-0.25, -0.2) is 0 Å². The minimum atomic E-state index is -0.336. The summed E-state index contributed by atoms with van der Waals surface area (Å²) in [5.74, 6) is 1.14. The van der Waals surface area contributed by atoms with Gasteiger partial charge in [-0.1, -0.05) is 13.0 Å². The molecule has 3 rings (SSSR count). The Bertz CT molecular complexity index is 829. The summed E-state index contributed by atoms with van der Waals surface area (Å²) < 4.78 is 10.6. The summed E-state index contributed by atoms with van der Waals surface area (Å²) in [7, 11) is 3.02. The quantitative estimate of drug-likeness (QED) is 0.898. The van der Waals surface area contributed by atoms with Gasteiger partial charge in [0, 0.05) is 4.88 Å².